The number of unbranched alkanes of at least 4 members (excludes halogenated alkanes) is 2. The van der Waals surface area contributed by atoms with Crippen LogP contribution in [0.1, 0.15) is 105 Å². The number of esters is 2. The van der Waals surface area contributed by atoms with Gasteiger partial charge in [0.05, 0.1) is 24.0 Å². The molecule has 2 heterocycles. The van der Waals surface area contributed by atoms with E-state index in [1.807, 2.05) is 0 Å². The van der Waals surface area contributed by atoms with Crippen LogP contribution >= 0.6 is 0 Å². The van der Waals surface area contributed by atoms with Gasteiger partial charge in [-0.15, -0.1) is 0 Å². The maximum absolute atomic E-state index is 12.9. The van der Waals surface area contributed by atoms with E-state index in [1.165, 1.54) is 0 Å². The lowest BCUT2D eigenvalue weighted by atomic mass is 9.47. The normalized spacial score (nSPS) is 40.3. The summed E-state index contributed by atoms with van der Waals surface area (Å²) in [5.74, 6) is 0.0665. The van der Waals surface area contributed by atoms with Gasteiger partial charge in [-0.2, -0.15) is 0 Å². The Kier molecular flexibility index (Phi) is 6.18. The van der Waals surface area contributed by atoms with E-state index < -0.39 is 0 Å². The molecule has 0 bridgehead atoms. The molecule has 2 saturated heterocycles. The van der Waals surface area contributed by atoms with Gasteiger partial charge in [0.15, 0.2) is 0 Å². The number of hydrogen-bond donors (Lipinski definition) is 0. The molecule has 2 unspecified atom stereocenters. The Bertz CT molecular complexity index is 537. The first-order valence-corrected chi connectivity index (χ1v) is 11.8. The van der Waals surface area contributed by atoms with Crippen molar-refractivity contribution < 1.29 is 19.1 Å². The third kappa shape index (κ3) is 2.84. The standard InChI is InChI=1S/C24H40O4/c1-5-9-11-23(7-3)19(25)27-17-21(23)13-15-22(16-14-21)18-28-20(26)24(22,8-4)12-10-6-2/h5-18H2,1-4H3. The first-order valence-electron chi connectivity index (χ1n) is 11.8. The molecule has 2 spiro atoms. The molecular weight excluding hydrogens is 352 g/mol. The zero-order chi connectivity index (χ0) is 20.5. The lowest BCUT2D eigenvalue weighted by Gasteiger charge is -2.52. The minimum Gasteiger partial charge on any atom is -0.465 e. The average Bonchev–Trinajstić information content (AvgIpc) is 3.14. The number of ether oxygens (including phenoxy) is 2. The quantitative estimate of drug-likeness (QED) is 0.488. The zero-order valence-corrected chi connectivity index (χ0v) is 18.5. The predicted molar refractivity (Wildman–Crippen MR) is 110 cm³/mol. The van der Waals surface area contributed by atoms with Crippen LogP contribution in [0.2, 0.25) is 0 Å². The van der Waals surface area contributed by atoms with Gasteiger partial charge in [0.2, 0.25) is 0 Å². The van der Waals surface area contributed by atoms with Crippen LogP contribution in [0.15, 0.2) is 0 Å². The first-order chi connectivity index (χ1) is 13.4. The number of carbonyl (C=O) groups excluding carboxylic acids is 2. The molecule has 28 heavy (non-hydrogen) atoms. The summed E-state index contributed by atoms with van der Waals surface area (Å²) >= 11 is 0. The van der Waals surface area contributed by atoms with E-state index in [-0.39, 0.29) is 33.6 Å². The van der Waals surface area contributed by atoms with Gasteiger partial charge in [-0.05, 0) is 51.4 Å². The highest BCUT2D eigenvalue weighted by atomic mass is 16.5. The average molecular weight is 393 g/mol. The highest BCUT2D eigenvalue weighted by Crippen LogP contribution is 2.66. The van der Waals surface area contributed by atoms with Crippen LogP contribution in [-0.4, -0.2) is 25.2 Å². The van der Waals surface area contributed by atoms with Crippen LogP contribution in [0, 0.1) is 21.7 Å². The van der Waals surface area contributed by atoms with Gasteiger partial charge in [0, 0.05) is 10.8 Å². The van der Waals surface area contributed by atoms with E-state index in [0.29, 0.717) is 13.2 Å². The van der Waals surface area contributed by atoms with Crippen LogP contribution in [0.3, 0.4) is 0 Å². The van der Waals surface area contributed by atoms with Gasteiger partial charge < -0.3 is 9.47 Å². The number of rotatable bonds is 8. The van der Waals surface area contributed by atoms with Gasteiger partial charge in [-0.25, -0.2) is 0 Å². The SMILES string of the molecule is CCCCC1(CC)C(=O)OCC12CCC1(CC2)COC(=O)C1(CC)CCCC. The lowest BCUT2D eigenvalue weighted by Crippen LogP contribution is -2.52. The van der Waals surface area contributed by atoms with Crippen molar-refractivity contribution in [2.24, 2.45) is 21.7 Å². The molecule has 2 atom stereocenters. The summed E-state index contributed by atoms with van der Waals surface area (Å²) in [5, 5.41) is 0. The highest BCUT2D eigenvalue weighted by molar-refractivity contribution is 5.81. The molecule has 1 saturated carbocycles. The number of cyclic esters (lactones) is 2. The summed E-state index contributed by atoms with van der Waals surface area (Å²) < 4.78 is 11.5. The maximum Gasteiger partial charge on any atom is 0.312 e. The maximum atomic E-state index is 12.9. The minimum atomic E-state index is -0.327. The van der Waals surface area contributed by atoms with Crippen molar-refractivity contribution in [1.82, 2.24) is 0 Å². The molecule has 0 N–H and O–H groups in total. The molecule has 1 aliphatic carbocycles. The Morgan fingerprint density at radius 2 is 1.04 bits per heavy atom. The van der Waals surface area contributed by atoms with Gasteiger partial charge in [-0.3, -0.25) is 9.59 Å². The molecule has 0 radical (unpaired) electrons. The summed E-state index contributed by atoms with van der Waals surface area (Å²) in [5.41, 5.74) is -0.747. The van der Waals surface area contributed by atoms with E-state index in [4.69, 9.17) is 9.47 Å². The van der Waals surface area contributed by atoms with Gasteiger partial charge in [-0.1, -0.05) is 53.4 Å². The van der Waals surface area contributed by atoms with Crippen LogP contribution in [-0.2, 0) is 19.1 Å². The second kappa shape index (κ2) is 7.99. The minimum absolute atomic E-state index is 0.0332. The van der Waals surface area contributed by atoms with Gasteiger partial charge in [0.25, 0.3) is 0 Å². The van der Waals surface area contributed by atoms with Crippen molar-refractivity contribution in [3.05, 3.63) is 0 Å². The van der Waals surface area contributed by atoms with Crippen molar-refractivity contribution >= 4 is 11.9 Å². The van der Waals surface area contributed by atoms with Crippen LogP contribution in [0.4, 0.5) is 0 Å². The van der Waals surface area contributed by atoms with Gasteiger partial charge >= 0.3 is 11.9 Å². The molecule has 160 valence electrons. The third-order valence-corrected chi connectivity index (χ3v) is 9.06. The molecule has 3 rings (SSSR count). The van der Waals surface area contributed by atoms with E-state index in [9.17, 15) is 9.59 Å². The lowest BCUT2D eigenvalue weighted by molar-refractivity contribution is -0.151. The Labute approximate surface area is 171 Å². The Morgan fingerprint density at radius 1 is 0.679 bits per heavy atom. The smallest absolute Gasteiger partial charge is 0.312 e. The molecule has 3 fully saturated rings. The predicted octanol–water partition coefficient (Wildman–Crippen LogP) is 5.82. The van der Waals surface area contributed by atoms with Crippen molar-refractivity contribution in [2.75, 3.05) is 13.2 Å². The molecular formula is C24H40O4. The van der Waals surface area contributed by atoms with E-state index in [2.05, 4.69) is 27.7 Å². The van der Waals surface area contributed by atoms with Crippen LogP contribution < -0.4 is 0 Å². The monoisotopic (exact) mass is 392 g/mol. The molecule has 4 heteroatoms. The summed E-state index contributed by atoms with van der Waals surface area (Å²) in [4.78, 5) is 25.8. The van der Waals surface area contributed by atoms with E-state index >= 15 is 0 Å². The Hall–Kier alpha value is -1.06. The van der Waals surface area contributed by atoms with Crippen molar-refractivity contribution in [3.8, 4) is 0 Å². The summed E-state index contributed by atoms with van der Waals surface area (Å²) in [6, 6.07) is 0. The van der Waals surface area contributed by atoms with E-state index in [1.54, 1.807) is 0 Å². The summed E-state index contributed by atoms with van der Waals surface area (Å²) in [6.45, 7) is 9.85. The second-order valence-corrected chi connectivity index (χ2v) is 9.79. The van der Waals surface area contributed by atoms with Crippen LogP contribution in [0.5, 0.6) is 0 Å². The molecule has 3 aliphatic rings. The molecule has 2 aliphatic heterocycles. The van der Waals surface area contributed by atoms with Gasteiger partial charge in [0.1, 0.15) is 0 Å². The molecule has 4 nitrogen and oxygen atoms in total. The molecule has 0 amide bonds. The van der Waals surface area contributed by atoms with Crippen molar-refractivity contribution in [3.63, 3.8) is 0 Å². The number of hydrogen-bond acceptors (Lipinski definition) is 4. The summed E-state index contributed by atoms with van der Waals surface area (Å²) in [7, 11) is 0. The topological polar surface area (TPSA) is 52.6 Å². The Balaban J connectivity index is 1.88. The number of carbonyl (C=O) groups is 2. The van der Waals surface area contributed by atoms with E-state index in [0.717, 1.165) is 77.0 Å². The fourth-order valence-electron chi connectivity index (χ4n) is 6.93. The zero-order valence-electron chi connectivity index (χ0n) is 18.5. The Morgan fingerprint density at radius 3 is 1.32 bits per heavy atom. The second-order valence-electron chi connectivity index (χ2n) is 9.79. The van der Waals surface area contributed by atoms with Crippen molar-refractivity contribution in [1.29, 1.82) is 0 Å². The molecule has 0 aromatic heterocycles. The third-order valence-electron chi connectivity index (χ3n) is 9.06. The largest absolute Gasteiger partial charge is 0.465 e. The first kappa shape index (κ1) is 21.6. The molecule has 0 aromatic rings. The summed E-state index contributed by atoms with van der Waals surface area (Å²) in [6.07, 6.45) is 11.9. The highest BCUT2D eigenvalue weighted by Gasteiger charge is 2.67. The fraction of sp³-hybridized carbons (Fsp3) is 0.917. The van der Waals surface area contributed by atoms with Crippen LogP contribution in [0.25, 0.3) is 0 Å². The molecule has 0 aromatic carbocycles. The fourth-order valence-corrected chi connectivity index (χ4v) is 6.93. The van der Waals surface area contributed by atoms with Crippen molar-refractivity contribution in [2.45, 2.75) is 105 Å².